The lowest BCUT2D eigenvalue weighted by Gasteiger charge is -2.57. The molecule has 0 heteroatoms. The maximum absolute atomic E-state index is 4.22. The SMILES string of the molecule is C=C(C)C1CC[C@@H]2[C@@H]1[C@H]1[C@H](C)CC[C@]12C. The minimum absolute atomic E-state index is 0.730. The van der Waals surface area contributed by atoms with Gasteiger partial charge in [-0.25, -0.2) is 0 Å². The summed E-state index contributed by atoms with van der Waals surface area (Å²) in [6.45, 7) is 11.5. The zero-order valence-corrected chi connectivity index (χ0v) is 10.4. The lowest BCUT2D eigenvalue weighted by Crippen LogP contribution is -2.53. The molecule has 0 aliphatic heterocycles. The molecular weight excluding hydrogens is 180 g/mol. The Morgan fingerprint density at radius 1 is 1.27 bits per heavy atom. The molecule has 3 rings (SSSR count). The molecule has 0 amide bonds. The number of fused-ring (bicyclic) bond motifs is 4. The minimum atomic E-state index is 0.730. The van der Waals surface area contributed by atoms with E-state index in [0.717, 1.165) is 35.0 Å². The zero-order chi connectivity index (χ0) is 10.8. The van der Waals surface area contributed by atoms with Gasteiger partial charge in [0.15, 0.2) is 0 Å². The first-order valence-electron chi connectivity index (χ1n) is 6.71. The highest BCUT2D eigenvalue weighted by atomic mass is 14.7. The third kappa shape index (κ3) is 1.04. The second-order valence-corrected chi connectivity index (χ2v) is 6.76. The van der Waals surface area contributed by atoms with Gasteiger partial charge < -0.3 is 0 Å². The summed E-state index contributed by atoms with van der Waals surface area (Å²) < 4.78 is 0. The van der Waals surface area contributed by atoms with Crippen LogP contribution in [0.4, 0.5) is 0 Å². The van der Waals surface area contributed by atoms with Crippen molar-refractivity contribution >= 4 is 0 Å². The summed E-state index contributed by atoms with van der Waals surface area (Å²) in [6.07, 6.45) is 5.91. The van der Waals surface area contributed by atoms with Gasteiger partial charge in [0, 0.05) is 0 Å². The number of rotatable bonds is 1. The lowest BCUT2D eigenvalue weighted by atomic mass is 9.47. The van der Waals surface area contributed by atoms with Gasteiger partial charge in [0.05, 0.1) is 0 Å². The summed E-state index contributed by atoms with van der Waals surface area (Å²) >= 11 is 0. The highest BCUT2D eigenvalue weighted by Gasteiger charge is 2.66. The van der Waals surface area contributed by atoms with E-state index in [1.165, 1.54) is 31.3 Å². The van der Waals surface area contributed by atoms with Gasteiger partial charge in [-0.2, -0.15) is 0 Å². The standard InChI is InChI=1S/C15H24/c1-9(2)11-5-6-12-13(11)14-10(3)7-8-15(12,14)4/h10-14H,1,5-8H2,2-4H3/t10-,11?,12-,13-,14-,15+/m1/s1. The predicted octanol–water partition coefficient (Wildman–Crippen LogP) is 4.27. The third-order valence-corrected chi connectivity index (χ3v) is 6.13. The van der Waals surface area contributed by atoms with Crippen molar-refractivity contribution in [3.8, 4) is 0 Å². The molecule has 0 saturated heterocycles. The lowest BCUT2D eigenvalue weighted by molar-refractivity contribution is -0.0941. The van der Waals surface area contributed by atoms with Crippen molar-refractivity contribution in [3.05, 3.63) is 12.2 Å². The smallest absolute Gasteiger partial charge is 0.0174 e. The molecule has 0 heterocycles. The van der Waals surface area contributed by atoms with Gasteiger partial charge >= 0.3 is 0 Å². The highest BCUT2D eigenvalue weighted by Crippen LogP contribution is 2.73. The van der Waals surface area contributed by atoms with Crippen LogP contribution in [0, 0.1) is 35.0 Å². The topological polar surface area (TPSA) is 0 Å². The first-order valence-corrected chi connectivity index (χ1v) is 6.71. The van der Waals surface area contributed by atoms with Crippen molar-refractivity contribution in [2.24, 2.45) is 35.0 Å². The molecule has 3 fully saturated rings. The van der Waals surface area contributed by atoms with Gasteiger partial charge in [-0.15, -0.1) is 0 Å². The maximum atomic E-state index is 4.22. The van der Waals surface area contributed by atoms with Crippen molar-refractivity contribution in [1.29, 1.82) is 0 Å². The maximum Gasteiger partial charge on any atom is -0.0174 e. The molecule has 0 bridgehead atoms. The molecule has 6 atom stereocenters. The van der Waals surface area contributed by atoms with E-state index >= 15 is 0 Å². The van der Waals surface area contributed by atoms with Gasteiger partial charge in [-0.05, 0) is 67.6 Å². The molecule has 15 heavy (non-hydrogen) atoms. The summed E-state index contributed by atoms with van der Waals surface area (Å²) in [7, 11) is 0. The molecule has 3 aliphatic carbocycles. The zero-order valence-electron chi connectivity index (χ0n) is 10.4. The van der Waals surface area contributed by atoms with Crippen LogP contribution in [0.25, 0.3) is 0 Å². The molecule has 84 valence electrons. The molecule has 0 N–H and O–H groups in total. The molecule has 0 aromatic rings. The highest BCUT2D eigenvalue weighted by molar-refractivity contribution is 5.19. The molecule has 0 aromatic carbocycles. The van der Waals surface area contributed by atoms with Gasteiger partial charge in [0.25, 0.3) is 0 Å². The normalized spacial score (nSPS) is 57.1. The van der Waals surface area contributed by atoms with Crippen LogP contribution >= 0.6 is 0 Å². The fraction of sp³-hybridized carbons (Fsp3) is 0.867. The van der Waals surface area contributed by atoms with Crippen LogP contribution in [-0.2, 0) is 0 Å². The Labute approximate surface area is 94.1 Å². The van der Waals surface area contributed by atoms with Crippen LogP contribution in [0.1, 0.15) is 46.5 Å². The van der Waals surface area contributed by atoms with Gasteiger partial charge in [-0.3, -0.25) is 0 Å². The Morgan fingerprint density at radius 3 is 2.67 bits per heavy atom. The van der Waals surface area contributed by atoms with Crippen LogP contribution in [-0.4, -0.2) is 0 Å². The van der Waals surface area contributed by atoms with Crippen LogP contribution in [0.3, 0.4) is 0 Å². The molecule has 0 aromatic heterocycles. The molecule has 0 spiro atoms. The fourth-order valence-electron chi connectivity index (χ4n) is 5.54. The Bertz CT molecular complexity index is 303. The monoisotopic (exact) mass is 204 g/mol. The van der Waals surface area contributed by atoms with E-state index in [-0.39, 0.29) is 0 Å². The molecule has 3 saturated carbocycles. The third-order valence-electron chi connectivity index (χ3n) is 6.13. The summed E-state index contributed by atoms with van der Waals surface area (Å²) in [5.41, 5.74) is 2.19. The van der Waals surface area contributed by atoms with E-state index < -0.39 is 0 Å². The summed E-state index contributed by atoms with van der Waals surface area (Å²) in [5.74, 6) is 4.95. The second-order valence-electron chi connectivity index (χ2n) is 6.76. The van der Waals surface area contributed by atoms with E-state index in [9.17, 15) is 0 Å². The summed E-state index contributed by atoms with van der Waals surface area (Å²) in [6, 6.07) is 0. The molecule has 0 nitrogen and oxygen atoms in total. The van der Waals surface area contributed by atoms with Crippen molar-refractivity contribution in [2.45, 2.75) is 46.5 Å². The van der Waals surface area contributed by atoms with Gasteiger partial charge in [0.2, 0.25) is 0 Å². The largest absolute Gasteiger partial charge is 0.0999 e. The van der Waals surface area contributed by atoms with E-state index in [1.54, 1.807) is 0 Å². The average Bonchev–Trinajstić information content (AvgIpc) is 2.64. The van der Waals surface area contributed by atoms with Crippen molar-refractivity contribution < 1.29 is 0 Å². The van der Waals surface area contributed by atoms with Crippen LogP contribution in [0.5, 0.6) is 0 Å². The minimum Gasteiger partial charge on any atom is -0.0999 e. The second kappa shape index (κ2) is 2.90. The molecule has 1 unspecified atom stereocenters. The Kier molecular flexibility index (Phi) is 1.92. The Morgan fingerprint density at radius 2 is 2.00 bits per heavy atom. The van der Waals surface area contributed by atoms with E-state index in [0.29, 0.717) is 0 Å². The first kappa shape index (κ1) is 9.93. The number of hydrogen-bond donors (Lipinski definition) is 0. The average molecular weight is 204 g/mol. The van der Waals surface area contributed by atoms with Crippen molar-refractivity contribution in [3.63, 3.8) is 0 Å². The molecular formula is C15H24. The van der Waals surface area contributed by atoms with Crippen LogP contribution in [0.2, 0.25) is 0 Å². The summed E-state index contributed by atoms with van der Waals surface area (Å²) in [4.78, 5) is 0. The Balaban J connectivity index is 1.90. The van der Waals surface area contributed by atoms with Crippen LogP contribution < -0.4 is 0 Å². The first-order chi connectivity index (χ1) is 7.05. The summed E-state index contributed by atoms with van der Waals surface area (Å²) in [5, 5.41) is 0. The van der Waals surface area contributed by atoms with E-state index in [1.807, 2.05) is 0 Å². The predicted molar refractivity (Wildman–Crippen MR) is 64.5 cm³/mol. The molecule has 0 radical (unpaired) electrons. The van der Waals surface area contributed by atoms with Crippen LogP contribution in [0.15, 0.2) is 12.2 Å². The van der Waals surface area contributed by atoms with E-state index in [2.05, 4.69) is 27.4 Å². The quantitative estimate of drug-likeness (QED) is 0.559. The van der Waals surface area contributed by atoms with Crippen molar-refractivity contribution in [1.82, 2.24) is 0 Å². The number of allylic oxidation sites excluding steroid dienone is 1. The van der Waals surface area contributed by atoms with E-state index in [4.69, 9.17) is 0 Å². The van der Waals surface area contributed by atoms with Gasteiger partial charge in [0.1, 0.15) is 0 Å². The Hall–Kier alpha value is -0.260. The van der Waals surface area contributed by atoms with Gasteiger partial charge in [-0.1, -0.05) is 26.0 Å². The molecule has 3 aliphatic rings. The van der Waals surface area contributed by atoms with Crippen molar-refractivity contribution in [2.75, 3.05) is 0 Å². The fourth-order valence-corrected chi connectivity index (χ4v) is 5.54. The number of hydrogen-bond acceptors (Lipinski definition) is 0.